The highest BCUT2D eigenvalue weighted by Gasteiger charge is 2.48. The maximum atomic E-state index is 13.0. The molecule has 9 nitrogen and oxygen atoms in total. The zero-order valence-corrected chi connectivity index (χ0v) is 24.8. The lowest BCUT2D eigenvalue weighted by molar-refractivity contribution is -0.143. The highest BCUT2D eigenvalue weighted by Crippen LogP contribution is 2.44. The van der Waals surface area contributed by atoms with E-state index in [4.69, 9.17) is 9.47 Å². The number of carbonyl (C=O) groups is 1. The van der Waals surface area contributed by atoms with Gasteiger partial charge in [0.25, 0.3) is 0 Å². The summed E-state index contributed by atoms with van der Waals surface area (Å²) < 4.78 is 14.8. The maximum Gasteiger partial charge on any atom is 0.306 e. The Kier molecular flexibility index (Phi) is 6.62. The minimum absolute atomic E-state index is 0.121. The number of thiophene rings is 1. The van der Waals surface area contributed by atoms with Gasteiger partial charge in [0.1, 0.15) is 16.9 Å². The van der Waals surface area contributed by atoms with Crippen molar-refractivity contribution in [1.82, 2.24) is 24.9 Å². The van der Waals surface area contributed by atoms with Crippen molar-refractivity contribution in [3.05, 3.63) is 86.1 Å². The molecule has 1 N–H and O–H groups in total. The number of hydrogen-bond donors (Lipinski definition) is 1. The quantitative estimate of drug-likeness (QED) is 0.263. The molecule has 0 amide bonds. The van der Waals surface area contributed by atoms with Gasteiger partial charge in [0.15, 0.2) is 0 Å². The van der Waals surface area contributed by atoms with E-state index in [0.29, 0.717) is 19.7 Å². The van der Waals surface area contributed by atoms with Crippen LogP contribution in [0.1, 0.15) is 60.1 Å². The fraction of sp³-hybridized carbons (Fsp3) is 0.375. The van der Waals surface area contributed by atoms with Crippen LogP contribution in [-0.2, 0) is 29.7 Å². The standard InChI is InChI=1S/C32H33N5O4S/c1-4-40-29(39)15-24(23-5-6-26-30(19(23)2)34-35-36(26)3)21-13-20-9-12-42-31(20)22(14-21)16-37-17-25-27(7-8-28(38)33-25)41-32(18-37)10-11-32/h5-9,12-14,24H,4,10-11,15-18H2,1-3H3,(H,33,38)/t24-/m0/s1. The smallest absolute Gasteiger partial charge is 0.306 e. The number of aromatic nitrogens is 4. The van der Waals surface area contributed by atoms with Crippen LogP contribution in [0.15, 0.2) is 52.6 Å². The average Bonchev–Trinajstić information content (AvgIpc) is 3.38. The van der Waals surface area contributed by atoms with E-state index in [1.54, 1.807) is 22.1 Å². The predicted octanol–water partition coefficient (Wildman–Crippen LogP) is 5.19. The van der Waals surface area contributed by atoms with Crippen molar-refractivity contribution in [3.63, 3.8) is 0 Å². The van der Waals surface area contributed by atoms with Gasteiger partial charge < -0.3 is 14.5 Å². The molecule has 3 aromatic heterocycles. The van der Waals surface area contributed by atoms with Crippen molar-refractivity contribution < 1.29 is 14.3 Å². The van der Waals surface area contributed by atoms with Crippen LogP contribution in [-0.4, -0.2) is 49.6 Å². The van der Waals surface area contributed by atoms with Gasteiger partial charge in [0.05, 0.1) is 24.2 Å². The first-order valence-electron chi connectivity index (χ1n) is 14.4. The Labute approximate surface area is 247 Å². The molecule has 4 heterocycles. The summed E-state index contributed by atoms with van der Waals surface area (Å²) in [5, 5.41) is 11.9. The van der Waals surface area contributed by atoms with E-state index >= 15 is 0 Å². The third kappa shape index (κ3) is 4.88. The number of aromatic amines is 1. The fourth-order valence-corrected chi connectivity index (χ4v) is 7.23. The van der Waals surface area contributed by atoms with E-state index < -0.39 is 0 Å². The highest BCUT2D eigenvalue weighted by molar-refractivity contribution is 7.17. The lowest BCUT2D eigenvalue weighted by atomic mass is 9.84. The van der Waals surface area contributed by atoms with Gasteiger partial charge in [-0.2, -0.15) is 0 Å². The van der Waals surface area contributed by atoms with Crippen LogP contribution >= 0.6 is 11.3 Å². The second kappa shape index (κ2) is 10.4. The molecule has 10 heteroatoms. The average molecular weight is 584 g/mol. The zero-order chi connectivity index (χ0) is 29.0. The molecular weight excluding hydrogens is 550 g/mol. The lowest BCUT2D eigenvalue weighted by Gasteiger charge is -2.25. The van der Waals surface area contributed by atoms with Crippen LogP contribution in [0, 0.1) is 6.92 Å². The van der Waals surface area contributed by atoms with Crippen LogP contribution in [0.2, 0.25) is 0 Å². The minimum atomic E-state index is -0.228. The summed E-state index contributed by atoms with van der Waals surface area (Å²) in [6.45, 7) is 6.31. The normalized spacial score (nSPS) is 16.7. The molecule has 0 unspecified atom stereocenters. The number of H-pyrrole nitrogens is 1. The largest absolute Gasteiger partial charge is 0.484 e. The summed E-state index contributed by atoms with van der Waals surface area (Å²) in [5.74, 6) is 0.334. The van der Waals surface area contributed by atoms with Gasteiger partial charge in [-0.25, -0.2) is 4.68 Å². The molecule has 0 bridgehead atoms. The van der Waals surface area contributed by atoms with Crippen LogP contribution in [0.4, 0.5) is 0 Å². The molecule has 1 aliphatic carbocycles. The number of aryl methyl sites for hydroxylation is 2. The Hall–Kier alpha value is -4.02. The van der Waals surface area contributed by atoms with E-state index in [0.717, 1.165) is 63.9 Å². The molecule has 1 aliphatic heterocycles. The number of hydrogen-bond acceptors (Lipinski definition) is 8. The van der Waals surface area contributed by atoms with Gasteiger partial charge in [0.2, 0.25) is 5.56 Å². The van der Waals surface area contributed by atoms with Crippen molar-refractivity contribution in [1.29, 1.82) is 0 Å². The Morgan fingerprint density at radius 1 is 1.21 bits per heavy atom. The first-order chi connectivity index (χ1) is 20.3. The maximum absolute atomic E-state index is 13.0. The van der Waals surface area contributed by atoms with Gasteiger partial charge in [-0.3, -0.25) is 14.5 Å². The topological polar surface area (TPSA) is 102 Å². The zero-order valence-electron chi connectivity index (χ0n) is 24.0. The van der Waals surface area contributed by atoms with Crippen molar-refractivity contribution >= 4 is 38.4 Å². The molecule has 2 aliphatic rings. The molecule has 1 saturated carbocycles. The van der Waals surface area contributed by atoms with E-state index in [-0.39, 0.29) is 29.5 Å². The molecule has 216 valence electrons. The molecule has 2 aromatic carbocycles. The highest BCUT2D eigenvalue weighted by atomic mass is 32.1. The van der Waals surface area contributed by atoms with Gasteiger partial charge in [-0.15, -0.1) is 16.4 Å². The monoisotopic (exact) mass is 583 g/mol. The summed E-state index contributed by atoms with van der Waals surface area (Å²) in [7, 11) is 1.88. The van der Waals surface area contributed by atoms with Gasteiger partial charge in [0, 0.05) is 43.4 Å². The van der Waals surface area contributed by atoms with Crippen molar-refractivity contribution in [3.8, 4) is 5.75 Å². The Balaban J connectivity index is 1.30. The van der Waals surface area contributed by atoms with E-state index in [2.05, 4.69) is 56.8 Å². The summed E-state index contributed by atoms with van der Waals surface area (Å²) >= 11 is 1.73. The lowest BCUT2D eigenvalue weighted by Crippen LogP contribution is -2.34. The fourth-order valence-electron chi connectivity index (χ4n) is 6.34. The minimum Gasteiger partial charge on any atom is -0.484 e. The number of pyridine rings is 1. The van der Waals surface area contributed by atoms with E-state index in [1.165, 1.54) is 16.3 Å². The second-order valence-electron chi connectivity index (χ2n) is 11.5. The Bertz CT molecular complexity index is 1890. The Morgan fingerprint density at radius 3 is 2.88 bits per heavy atom. The summed E-state index contributed by atoms with van der Waals surface area (Å²) in [6, 6.07) is 14.1. The SMILES string of the molecule is CCOC(=O)C[C@@H](c1cc(CN2Cc3[nH]c(=O)ccc3OC3(CC3)C2)c2sccc2c1)c1ccc2c(nnn2C)c1C. The molecule has 5 aromatic rings. The molecule has 0 radical (unpaired) electrons. The summed E-state index contributed by atoms with van der Waals surface area (Å²) in [4.78, 5) is 30.5. The molecule has 0 saturated heterocycles. The van der Waals surface area contributed by atoms with Crippen molar-refractivity contribution in [2.24, 2.45) is 7.05 Å². The molecule has 1 spiro atoms. The second-order valence-corrected chi connectivity index (χ2v) is 12.5. The first kappa shape index (κ1) is 26.9. The number of rotatable bonds is 7. The van der Waals surface area contributed by atoms with Crippen LogP contribution in [0.3, 0.4) is 0 Å². The third-order valence-electron chi connectivity index (χ3n) is 8.56. The van der Waals surface area contributed by atoms with Crippen molar-refractivity contribution in [2.45, 2.75) is 57.7 Å². The molecular formula is C32H33N5O4S. The van der Waals surface area contributed by atoms with Crippen molar-refractivity contribution in [2.75, 3.05) is 13.2 Å². The van der Waals surface area contributed by atoms with Gasteiger partial charge in [-0.1, -0.05) is 17.3 Å². The van der Waals surface area contributed by atoms with Gasteiger partial charge >= 0.3 is 5.97 Å². The Morgan fingerprint density at radius 2 is 2.07 bits per heavy atom. The van der Waals surface area contributed by atoms with E-state index in [1.807, 2.05) is 20.0 Å². The van der Waals surface area contributed by atoms with Crippen LogP contribution in [0.5, 0.6) is 5.75 Å². The summed E-state index contributed by atoms with van der Waals surface area (Å²) in [6.07, 6.45) is 2.23. The number of esters is 1. The number of benzene rings is 2. The molecule has 1 atom stereocenters. The molecule has 7 rings (SSSR count). The number of carbonyl (C=O) groups excluding carboxylic acids is 1. The van der Waals surface area contributed by atoms with Gasteiger partial charge in [-0.05, 0) is 84.0 Å². The molecule has 42 heavy (non-hydrogen) atoms. The van der Waals surface area contributed by atoms with E-state index in [9.17, 15) is 9.59 Å². The molecule has 1 fully saturated rings. The predicted molar refractivity (Wildman–Crippen MR) is 162 cm³/mol. The van der Waals surface area contributed by atoms with Crippen LogP contribution < -0.4 is 10.3 Å². The third-order valence-corrected chi connectivity index (χ3v) is 9.57. The van der Waals surface area contributed by atoms with Crippen LogP contribution in [0.25, 0.3) is 21.1 Å². The number of fused-ring (bicyclic) bond motifs is 3. The number of nitrogens with zero attached hydrogens (tertiary/aromatic N) is 4. The summed E-state index contributed by atoms with van der Waals surface area (Å²) in [5.41, 5.74) is 6.61. The number of ether oxygens (including phenoxy) is 2. The number of nitrogens with one attached hydrogen (secondary N) is 1. The first-order valence-corrected chi connectivity index (χ1v) is 15.3.